The summed E-state index contributed by atoms with van der Waals surface area (Å²) in [7, 11) is 0. The Morgan fingerprint density at radius 1 is 1.26 bits per heavy atom. The highest BCUT2D eigenvalue weighted by atomic mass is 16.7. The van der Waals surface area contributed by atoms with E-state index < -0.39 is 18.5 Å². The molecule has 1 saturated heterocycles. The average Bonchev–Trinajstić information content (AvgIpc) is 2.49. The normalized spacial score (nSPS) is 27.6. The third-order valence-electron chi connectivity index (χ3n) is 3.41. The molecule has 8 heteroatoms. The van der Waals surface area contributed by atoms with Crippen molar-refractivity contribution >= 4 is 5.91 Å². The Labute approximate surface area is 136 Å². The van der Waals surface area contributed by atoms with Gasteiger partial charge in [-0.05, 0) is 6.92 Å². The molecule has 8 nitrogen and oxygen atoms in total. The molecule has 134 valence electrons. The van der Waals surface area contributed by atoms with Crippen molar-refractivity contribution in [1.82, 2.24) is 5.32 Å². The molecule has 1 fully saturated rings. The van der Waals surface area contributed by atoms with Gasteiger partial charge < -0.3 is 34.8 Å². The van der Waals surface area contributed by atoms with Crippen LogP contribution in [0.2, 0.25) is 0 Å². The van der Waals surface area contributed by atoms with Crippen LogP contribution in [0.15, 0.2) is 12.3 Å². The number of carbonyl (C=O) groups excluding carboxylic acids is 1. The molecule has 4 atom stereocenters. The molecule has 4 N–H and O–H groups in total. The number of hydrogen-bond acceptors (Lipinski definition) is 7. The van der Waals surface area contributed by atoms with E-state index in [0.29, 0.717) is 19.8 Å². The van der Waals surface area contributed by atoms with Crippen molar-refractivity contribution in [2.75, 3.05) is 26.4 Å². The molecule has 0 saturated carbocycles. The number of nitrogens with one attached hydrogen (secondary N) is 1. The molecule has 0 bridgehead atoms. The van der Waals surface area contributed by atoms with Gasteiger partial charge in [-0.25, -0.2) is 0 Å². The molecule has 0 spiro atoms. The molecule has 23 heavy (non-hydrogen) atoms. The Balaban J connectivity index is 1.99. The Morgan fingerprint density at radius 3 is 2.70 bits per heavy atom. The molecule has 1 heterocycles. The van der Waals surface area contributed by atoms with Crippen LogP contribution >= 0.6 is 0 Å². The monoisotopic (exact) mass is 333 g/mol. The Morgan fingerprint density at radius 2 is 2.00 bits per heavy atom. The van der Waals surface area contributed by atoms with Crippen LogP contribution in [0, 0.1) is 0 Å². The summed E-state index contributed by atoms with van der Waals surface area (Å²) < 4.78 is 16.0. The summed E-state index contributed by atoms with van der Waals surface area (Å²) in [4.78, 5) is 11.3. The Kier molecular flexibility index (Phi) is 9.12. The lowest BCUT2D eigenvalue weighted by Gasteiger charge is -2.35. The first-order valence-electron chi connectivity index (χ1n) is 7.74. The first-order valence-corrected chi connectivity index (χ1v) is 7.74. The lowest BCUT2D eigenvalue weighted by Crippen LogP contribution is -2.47. The van der Waals surface area contributed by atoms with Gasteiger partial charge in [0.15, 0.2) is 6.29 Å². The van der Waals surface area contributed by atoms with Crippen molar-refractivity contribution in [1.29, 1.82) is 0 Å². The second kappa shape index (κ2) is 10.6. The summed E-state index contributed by atoms with van der Waals surface area (Å²) >= 11 is 0. The van der Waals surface area contributed by atoms with Gasteiger partial charge in [0.25, 0.3) is 0 Å². The molecule has 1 aliphatic heterocycles. The van der Waals surface area contributed by atoms with Gasteiger partial charge in [0.1, 0.15) is 6.10 Å². The van der Waals surface area contributed by atoms with Gasteiger partial charge in [-0.1, -0.05) is 6.58 Å². The summed E-state index contributed by atoms with van der Waals surface area (Å²) in [5.74, 6) is -0.186. The molecule has 2 unspecified atom stereocenters. The van der Waals surface area contributed by atoms with Gasteiger partial charge in [0.05, 0.1) is 37.8 Å². The fourth-order valence-electron chi connectivity index (χ4n) is 2.03. The lowest BCUT2D eigenvalue weighted by molar-refractivity contribution is -0.263. The van der Waals surface area contributed by atoms with Crippen LogP contribution in [-0.2, 0) is 19.0 Å². The lowest BCUT2D eigenvalue weighted by atomic mass is 10.0. The molecule has 0 aromatic rings. The number of rotatable bonds is 10. The van der Waals surface area contributed by atoms with E-state index in [1.807, 2.05) is 0 Å². The third kappa shape index (κ3) is 8.29. The topological polar surface area (TPSA) is 117 Å². The number of aliphatic hydroxyl groups excluding tert-OH is 3. The first-order chi connectivity index (χ1) is 10.9. The van der Waals surface area contributed by atoms with E-state index in [4.69, 9.17) is 19.3 Å². The third-order valence-corrected chi connectivity index (χ3v) is 3.41. The Hall–Kier alpha value is -1.19. The van der Waals surface area contributed by atoms with Crippen LogP contribution in [0.25, 0.3) is 0 Å². The standard InChI is InChI=1S/C15H27NO7/c1-10(17)3-4-14(20)16-5-6-21-7-8-22-15-13(19)9-12(18)11(2)23-15/h11-13,15,17-19H,1,3-9H2,2H3,(H,16,20)/t11-,12?,13+,15?/m0/s1. The van der Waals surface area contributed by atoms with Crippen molar-refractivity contribution in [3.63, 3.8) is 0 Å². The van der Waals surface area contributed by atoms with Crippen LogP contribution in [-0.4, -0.2) is 72.2 Å². The second-order valence-corrected chi connectivity index (χ2v) is 5.48. The van der Waals surface area contributed by atoms with Crippen molar-refractivity contribution in [3.05, 3.63) is 12.3 Å². The van der Waals surface area contributed by atoms with Crippen LogP contribution < -0.4 is 5.32 Å². The number of carbonyl (C=O) groups is 1. The maximum atomic E-state index is 11.3. The summed E-state index contributed by atoms with van der Waals surface area (Å²) in [6.07, 6.45) is -2.03. The quantitative estimate of drug-likeness (QED) is 0.324. The van der Waals surface area contributed by atoms with E-state index in [0.717, 1.165) is 0 Å². The molecular formula is C15H27NO7. The van der Waals surface area contributed by atoms with Crippen molar-refractivity contribution in [2.24, 2.45) is 0 Å². The molecule has 1 amide bonds. The molecule has 0 aromatic carbocycles. The SMILES string of the molecule is C=C(O)CCC(=O)NCCOCCOC1O[C@@H](C)C(O)C[C@H]1O. The van der Waals surface area contributed by atoms with Gasteiger partial charge in [-0.3, -0.25) is 4.79 Å². The van der Waals surface area contributed by atoms with Crippen LogP contribution in [0.5, 0.6) is 0 Å². The van der Waals surface area contributed by atoms with E-state index in [1.165, 1.54) is 0 Å². The zero-order valence-corrected chi connectivity index (χ0v) is 13.4. The highest BCUT2D eigenvalue weighted by Gasteiger charge is 2.34. The maximum absolute atomic E-state index is 11.3. The zero-order chi connectivity index (χ0) is 17.2. The molecule has 0 radical (unpaired) electrons. The average molecular weight is 333 g/mol. The number of ether oxygens (including phenoxy) is 3. The van der Waals surface area contributed by atoms with Crippen molar-refractivity contribution in [2.45, 2.75) is 50.8 Å². The van der Waals surface area contributed by atoms with Gasteiger partial charge in [-0.2, -0.15) is 0 Å². The van der Waals surface area contributed by atoms with Gasteiger partial charge >= 0.3 is 0 Å². The zero-order valence-electron chi connectivity index (χ0n) is 13.4. The highest BCUT2D eigenvalue weighted by molar-refractivity contribution is 5.75. The molecule has 1 aliphatic rings. The van der Waals surface area contributed by atoms with Gasteiger partial charge in [0.2, 0.25) is 5.91 Å². The summed E-state index contributed by atoms with van der Waals surface area (Å²) in [5, 5.41) is 30.8. The summed E-state index contributed by atoms with van der Waals surface area (Å²) in [6.45, 7) is 6.26. The predicted octanol–water partition coefficient (Wildman–Crippen LogP) is -0.156. The smallest absolute Gasteiger partial charge is 0.220 e. The van der Waals surface area contributed by atoms with Gasteiger partial charge in [-0.15, -0.1) is 0 Å². The maximum Gasteiger partial charge on any atom is 0.220 e. The minimum Gasteiger partial charge on any atom is -0.513 e. The first kappa shape index (κ1) is 19.9. The molecule has 1 rings (SSSR count). The Bertz CT molecular complexity index is 377. The predicted molar refractivity (Wildman–Crippen MR) is 81.7 cm³/mol. The molecular weight excluding hydrogens is 306 g/mol. The molecule has 0 aliphatic carbocycles. The molecule has 0 aromatic heterocycles. The number of allylic oxidation sites excluding steroid dienone is 1. The van der Waals surface area contributed by atoms with Crippen LogP contribution in [0.3, 0.4) is 0 Å². The van der Waals surface area contributed by atoms with Crippen molar-refractivity contribution < 1.29 is 34.3 Å². The van der Waals surface area contributed by atoms with E-state index in [2.05, 4.69) is 11.9 Å². The van der Waals surface area contributed by atoms with E-state index in [1.54, 1.807) is 6.92 Å². The number of amides is 1. The largest absolute Gasteiger partial charge is 0.513 e. The highest BCUT2D eigenvalue weighted by Crippen LogP contribution is 2.20. The minimum atomic E-state index is -0.859. The summed E-state index contributed by atoms with van der Waals surface area (Å²) in [5.41, 5.74) is 0. The minimum absolute atomic E-state index is 0.0116. The van der Waals surface area contributed by atoms with E-state index in [-0.39, 0.29) is 43.6 Å². The summed E-state index contributed by atoms with van der Waals surface area (Å²) in [6, 6.07) is 0. The van der Waals surface area contributed by atoms with Gasteiger partial charge in [0, 0.05) is 25.8 Å². The van der Waals surface area contributed by atoms with Crippen molar-refractivity contribution in [3.8, 4) is 0 Å². The van der Waals surface area contributed by atoms with E-state index in [9.17, 15) is 15.0 Å². The van der Waals surface area contributed by atoms with Crippen LogP contribution in [0.1, 0.15) is 26.2 Å². The number of aliphatic hydroxyl groups is 3. The second-order valence-electron chi connectivity index (χ2n) is 5.48. The van der Waals surface area contributed by atoms with E-state index >= 15 is 0 Å². The fourth-order valence-corrected chi connectivity index (χ4v) is 2.03. The number of hydrogen-bond donors (Lipinski definition) is 4. The fraction of sp³-hybridized carbons (Fsp3) is 0.800. The van der Waals surface area contributed by atoms with Crippen LogP contribution in [0.4, 0.5) is 0 Å².